The molecule has 0 aliphatic heterocycles. The molecule has 1 fully saturated rings. The molecule has 1 amide bonds. The van der Waals surface area contributed by atoms with Crippen molar-refractivity contribution in [1.29, 1.82) is 0 Å². The van der Waals surface area contributed by atoms with E-state index in [2.05, 4.69) is 17.4 Å². The number of hydrogen-bond acceptors (Lipinski definition) is 4. The number of rotatable bonds is 8. The molecule has 1 aliphatic carbocycles. The highest BCUT2D eigenvalue weighted by molar-refractivity contribution is 5.66. The first-order valence-corrected chi connectivity index (χ1v) is 8.88. The van der Waals surface area contributed by atoms with Crippen LogP contribution >= 0.6 is 0 Å². The minimum atomic E-state index is -0.406. The van der Waals surface area contributed by atoms with Gasteiger partial charge in [-0.05, 0) is 49.8 Å². The number of hydrogen-bond donors (Lipinski definition) is 1. The van der Waals surface area contributed by atoms with Crippen molar-refractivity contribution in [2.45, 2.75) is 45.1 Å². The van der Waals surface area contributed by atoms with Gasteiger partial charge in [0.25, 0.3) is 0 Å². The van der Waals surface area contributed by atoms with Crippen LogP contribution in [0, 0.1) is 5.92 Å². The zero-order chi connectivity index (χ0) is 17.2. The second-order valence-electron chi connectivity index (χ2n) is 6.16. The number of benzene rings is 1. The van der Waals surface area contributed by atoms with Crippen molar-refractivity contribution < 1.29 is 19.0 Å². The molecule has 0 heterocycles. The van der Waals surface area contributed by atoms with Crippen LogP contribution in [0.3, 0.4) is 0 Å². The summed E-state index contributed by atoms with van der Waals surface area (Å²) in [5.74, 6) is 1.43. The molecule has 2 rings (SSSR count). The molecule has 0 bridgehead atoms. The Morgan fingerprint density at radius 3 is 2.67 bits per heavy atom. The van der Waals surface area contributed by atoms with Crippen LogP contribution in [0.15, 0.2) is 24.3 Å². The maximum Gasteiger partial charge on any atom is 0.407 e. The van der Waals surface area contributed by atoms with E-state index in [0.717, 1.165) is 12.2 Å². The number of carbonyl (C=O) groups is 1. The van der Waals surface area contributed by atoms with Gasteiger partial charge in [-0.3, -0.25) is 0 Å². The molecule has 0 saturated heterocycles. The van der Waals surface area contributed by atoms with Crippen molar-refractivity contribution in [3.8, 4) is 5.75 Å². The Kier molecular flexibility index (Phi) is 7.89. The van der Waals surface area contributed by atoms with Crippen molar-refractivity contribution in [1.82, 2.24) is 5.32 Å². The highest BCUT2D eigenvalue weighted by Crippen LogP contribution is 2.29. The first-order valence-electron chi connectivity index (χ1n) is 8.88. The van der Waals surface area contributed by atoms with Crippen LogP contribution in [0.2, 0.25) is 0 Å². The van der Waals surface area contributed by atoms with E-state index in [9.17, 15) is 4.79 Å². The van der Waals surface area contributed by atoms with Gasteiger partial charge in [0.05, 0.1) is 19.3 Å². The maximum atomic E-state index is 11.1. The molecule has 0 aromatic heterocycles. The molecule has 1 saturated carbocycles. The molecule has 0 spiro atoms. The molecule has 1 aromatic carbocycles. The summed E-state index contributed by atoms with van der Waals surface area (Å²) in [6.45, 7) is 3.00. The van der Waals surface area contributed by atoms with Gasteiger partial charge in [0, 0.05) is 7.11 Å². The van der Waals surface area contributed by atoms with Gasteiger partial charge in [0.2, 0.25) is 0 Å². The van der Waals surface area contributed by atoms with E-state index in [4.69, 9.17) is 14.2 Å². The largest absolute Gasteiger partial charge is 0.492 e. The van der Waals surface area contributed by atoms with Crippen molar-refractivity contribution in [3.63, 3.8) is 0 Å². The molecule has 0 radical (unpaired) electrons. The Balaban J connectivity index is 1.73. The van der Waals surface area contributed by atoms with E-state index in [0.29, 0.717) is 31.8 Å². The summed E-state index contributed by atoms with van der Waals surface area (Å²) in [6.07, 6.45) is 6.05. The minimum Gasteiger partial charge on any atom is -0.492 e. The molecule has 1 aliphatic rings. The zero-order valence-corrected chi connectivity index (χ0v) is 14.8. The quantitative estimate of drug-likeness (QED) is 0.738. The van der Waals surface area contributed by atoms with Crippen LogP contribution in [0.4, 0.5) is 4.79 Å². The average molecular weight is 335 g/mol. The number of nitrogens with one attached hydrogen (secondary N) is 1. The summed E-state index contributed by atoms with van der Waals surface area (Å²) >= 11 is 0. The number of ether oxygens (including phenoxy) is 3. The van der Waals surface area contributed by atoms with Crippen molar-refractivity contribution in [3.05, 3.63) is 29.8 Å². The van der Waals surface area contributed by atoms with Gasteiger partial charge < -0.3 is 19.5 Å². The molecule has 5 nitrogen and oxygen atoms in total. The topological polar surface area (TPSA) is 56.8 Å². The predicted molar refractivity (Wildman–Crippen MR) is 93.4 cm³/mol. The van der Waals surface area contributed by atoms with Gasteiger partial charge in [0.1, 0.15) is 12.4 Å². The van der Waals surface area contributed by atoms with Crippen LogP contribution in [-0.2, 0) is 15.9 Å². The number of amides is 1. The lowest BCUT2D eigenvalue weighted by Crippen LogP contribution is -2.28. The summed E-state index contributed by atoms with van der Waals surface area (Å²) < 4.78 is 16.0. The highest BCUT2D eigenvalue weighted by atomic mass is 16.5. The first-order chi connectivity index (χ1) is 11.7. The third-order valence-corrected chi connectivity index (χ3v) is 4.48. The van der Waals surface area contributed by atoms with Gasteiger partial charge >= 0.3 is 6.09 Å². The smallest absolute Gasteiger partial charge is 0.407 e. The lowest BCUT2D eigenvalue weighted by atomic mass is 9.82. The second-order valence-corrected chi connectivity index (χ2v) is 6.16. The Labute approximate surface area is 144 Å². The lowest BCUT2D eigenvalue weighted by molar-refractivity contribution is 0.0239. The Morgan fingerprint density at radius 2 is 1.96 bits per heavy atom. The molecular formula is C19H29NO4. The van der Waals surface area contributed by atoms with Crippen LogP contribution in [0.5, 0.6) is 5.75 Å². The monoisotopic (exact) mass is 335 g/mol. The third-order valence-electron chi connectivity index (χ3n) is 4.48. The lowest BCUT2D eigenvalue weighted by Gasteiger charge is -2.30. The van der Waals surface area contributed by atoms with Gasteiger partial charge in [-0.1, -0.05) is 25.0 Å². The maximum absolute atomic E-state index is 11.1. The van der Waals surface area contributed by atoms with Crippen LogP contribution in [0.1, 0.15) is 38.2 Å². The SMILES string of the molecule is CCOC(=O)NCCOc1ccc(C[C@H]2CCCC[C@H]2OC)cc1. The van der Waals surface area contributed by atoms with Gasteiger partial charge in [-0.2, -0.15) is 0 Å². The fraction of sp³-hybridized carbons (Fsp3) is 0.632. The summed E-state index contributed by atoms with van der Waals surface area (Å²) in [5, 5.41) is 2.63. The van der Waals surface area contributed by atoms with E-state index < -0.39 is 6.09 Å². The van der Waals surface area contributed by atoms with E-state index >= 15 is 0 Å². The normalized spacial score (nSPS) is 20.4. The standard InChI is InChI=1S/C19H29NO4/c1-3-23-19(21)20-12-13-24-17-10-8-15(9-11-17)14-16-6-4-5-7-18(16)22-2/h8-11,16,18H,3-7,12-14H2,1-2H3,(H,20,21)/t16-,18-/m1/s1. The fourth-order valence-corrected chi connectivity index (χ4v) is 3.25. The molecule has 1 N–H and O–H groups in total. The highest BCUT2D eigenvalue weighted by Gasteiger charge is 2.24. The molecule has 2 atom stereocenters. The number of alkyl carbamates (subject to hydrolysis) is 1. The van der Waals surface area contributed by atoms with Crippen molar-refractivity contribution in [2.75, 3.05) is 26.9 Å². The summed E-state index contributed by atoms with van der Waals surface area (Å²) in [4.78, 5) is 11.1. The van der Waals surface area contributed by atoms with Crippen LogP contribution in [0.25, 0.3) is 0 Å². The minimum absolute atomic E-state index is 0.374. The van der Waals surface area contributed by atoms with E-state index in [-0.39, 0.29) is 0 Å². The number of methoxy groups -OCH3 is 1. The molecule has 5 heteroatoms. The van der Waals surface area contributed by atoms with Crippen molar-refractivity contribution >= 4 is 6.09 Å². The molecule has 24 heavy (non-hydrogen) atoms. The fourth-order valence-electron chi connectivity index (χ4n) is 3.25. The van der Waals surface area contributed by atoms with Crippen LogP contribution < -0.4 is 10.1 Å². The van der Waals surface area contributed by atoms with E-state index in [1.165, 1.54) is 31.2 Å². The van der Waals surface area contributed by atoms with Crippen molar-refractivity contribution in [2.24, 2.45) is 5.92 Å². The second kappa shape index (κ2) is 10.2. The summed E-state index contributed by atoms with van der Waals surface area (Å²) in [7, 11) is 1.82. The summed E-state index contributed by atoms with van der Waals surface area (Å²) in [6, 6.07) is 8.22. The third kappa shape index (κ3) is 6.04. The Morgan fingerprint density at radius 1 is 1.21 bits per heavy atom. The molecular weight excluding hydrogens is 306 g/mol. The van der Waals surface area contributed by atoms with Gasteiger partial charge in [-0.25, -0.2) is 4.79 Å². The zero-order valence-electron chi connectivity index (χ0n) is 14.8. The Bertz CT molecular complexity index is 489. The number of carbonyl (C=O) groups excluding carboxylic acids is 1. The van der Waals surface area contributed by atoms with Crippen LogP contribution in [-0.4, -0.2) is 39.1 Å². The van der Waals surface area contributed by atoms with E-state index in [1.807, 2.05) is 19.2 Å². The summed E-state index contributed by atoms with van der Waals surface area (Å²) in [5.41, 5.74) is 1.32. The van der Waals surface area contributed by atoms with E-state index in [1.54, 1.807) is 6.92 Å². The Hall–Kier alpha value is -1.75. The average Bonchev–Trinajstić information content (AvgIpc) is 2.61. The molecule has 134 valence electrons. The predicted octanol–water partition coefficient (Wildman–Crippen LogP) is 3.56. The first kappa shape index (κ1) is 18.6. The van der Waals surface area contributed by atoms with Gasteiger partial charge in [-0.15, -0.1) is 0 Å². The molecule has 0 unspecified atom stereocenters. The molecule has 1 aromatic rings. The van der Waals surface area contributed by atoms with Gasteiger partial charge in [0.15, 0.2) is 0 Å².